The standard InChI is InChI=1S/C5H9BN2O2/c9-2-1-8-4-5(6-10)3-7-8/h3-4,6,9-10H,1-2H2. The molecule has 54 valence electrons. The average Bonchev–Trinajstić information content (AvgIpc) is 2.37. The summed E-state index contributed by atoms with van der Waals surface area (Å²) in [6.45, 7) is 0.562. The number of aliphatic hydroxyl groups excluding tert-OH is 1. The molecule has 0 aliphatic rings. The molecule has 4 nitrogen and oxygen atoms in total. The monoisotopic (exact) mass is 140 g/mol. The lowest BCUT2D eigenvalue weighted by molar-refractivity contribution is 0.269. The first-order chi connectivity index (χ1) is 4.86. The fourth-order valence-electron chi connectivity index (χ4n) is 0.713. The van der Waals surface area contributed by atoms with Gasteiger partial charge in [-0.15, -0.1) is 0 Å². The molecule has 5 heteroatoms. The third-order valence-corrected chi connectivity index (χ3v) is 1.20. The van der Waals surface area contributed by atoms with Gasteiger partial charge in [0.1, 0.15) is 0 Å². The van der Waals surface area contributed by atoms with E-state index in [4.69, 9.17) is 10.1 Å². The highest BCUT2D eigenvalue weighted by atomic mass is 16.3. The Labute approximate surface area is 59.4 Å². The number of nitrogens with zero attached hydrogens (tertiary/aromatic N) is 2. The quantitative estimate of drug-likeness (QED) is 0.470. The Morgan fingerprint density at radius 1 is 1.70 bits per heavy atom. The summed E-state index contributed by atoms with van der Waals surface area (Å²) < 4.78 is 1.59. The van der Waals surface area contributed by atoms with E-state index < -0.39 is 0 Å². The smallest absolute Gasteiger partial charge is 0.307 e. The number of rotatable bonds is 3. The molecule has 0 saturated heterocycles. The Kier molecular flexibility index (Phi) is 2.47. The molecule has 10 heavy (non-hydrogen) atoms. The van der Waals surface area contributed by atoms with Crippen molar-refractivity contribution in [3.8, 4) is 0 Å². The van der Waals surface area contributed by atoms with Gasteiger partial charge in [-0.1, -0.05) is 0 Å². The Balaban J connectivity index is 2.59. The maximum Gasteiger partial charge on any atom is 0.307 e. The van der Waals surface area contributed by atoms with Crippen LogP contribution in [0.2, 0.25) is 0 Å². The summed E-state index contributed by atoms with van der Waals surface area (Å²) in [5, 5.41) is 21.0. The second-order valence-electron chi connectivity index (χ2n) is 1.99. The lowest BCUT2D eigenvalue weighted by Crippen LogP contribution is -2.11. The Hall–Kier alpha value is -0.805. The third kappa shape index (κ3) is 1.59. The second-order valence-corrected chi connectivity index (χ2v) is 1.99. The van der Waals surface area contributed by atoms with Crippen molar-refractivity contribution >= 4 is 12.9 Å². The zero-order chi connectivity index (χ0) is 7.40. The molecular weight excluding hydrogens is 131 g/mol. The van der Waals surface area contributed by atoms with E-state index >= 15 is 0 Å². The van der Waals surface area contributed by atoms with Crippen molar-refractivity contribution in [1.82, 2.24) is 9.78 Å². The van der Waals surface area contributed by atoms with Crippen LogP contribution in [0.5, 0.6) is 0 Å². The van der Waals surface area contributed by atoms with Gasteiger partial charge in [0.2, 0.25) is 0 Å². The molecule has 0 aromatic carbocycles. The summed E-state index contributed by atoms with van der Waals surface area (Å²) in [7, 11) is 0.00539. The van der Waals surface area contributed by atoms with Crippen molar-refractivity contribution in [2.45, 2.75) is 6.54 Å². The van der Waals surface area contributed by atoms with Crippen LogP contribution in [0.4, 0.5) is 0 Å². The minimum atomic E-state index is 0.00539. The van der Waals surface area contributed by atoms with Gasteiger partial charge in [-0.3, -0.25) is 4.68 Å². The van der Waals surface area contributed by atoms with Crippen LogP contribution in [-0.4, -0.2) is 34.0 Å². The van der Waals surface area contributed by atoms with Gasteiger partial charge in [-0.2, -0.15) is 5.10 Å². The van der Waals surface area contributed by atoms with E-state index in [1.807, 2.05) is 0 Å². The lowest BCUT2D eigenvalue weighted by atomic mass is 9.93. The topological polar surface area (TPSA) is 58.3 Å². The highest BCUT2D eigenvalue weighted by Crippen LogP contribution is 1.79. The summed E-state index contributed by atoms with van der Waals surface area (Å²) in [6.07, 6.45) is 3.28. The molecule has 0 unspecified atom stereocenters. The minimum absolute atomic E-state index is 0.00539. The number of aliphatic hydroxyl groups is 1. The first-order valence-electron chi connectivity index (χ1n) is 3.10. The van der Waals surface area contributed by atoms with E-state index in [9.17, 15) is 0 Å². The molecule has 0 spiro atoms. The second kappa shape index (κ2) is 3.38. The van der Waals surface area contributed by atoms with E-state index in [1.165, 1.54) is 0 Å². The molecular formula is C5H9BN2O2. The van der Waals surface area contributed by atoms with Gasteiger partial charge in [0, 0.05) is 12.4 Å². The van der Waals surface area contributed by atoms with E-state index in [1.54, 1.807) is 17.1 Å². The van der Waals surface area contributed by atoms with Gasteiger partial charge in [-0.05, 0) is 5.46 Å². The summed E-state index contributed by atoms with van der Waals surface area (Å²) in [5.74, 6) is 0. The molecule has 0 radical (unpaired) electrons. The van der Waals surface area contributed by atoms with Gasteiger partial charge >= 0.3 is 7.48 Å². The fourth-order valence-corrected chi connectivity index (χ4v) is 0.713. The summed E-state index contributed by atoms with van der Waals surface area (Å²) in [5.41, 5.74) is 0.772. The highest BCUT2D eigenvalue weighted by molar-refractivity contribution is 6.45. The van der Waals surface area contributed by atoms with Crippen LogP contribution in [0.3, 0.4) is 0 Å². The molecule has 1 heterocycles. The Morgan fingerprint density at radius 2 is 2.50 bits per heavy atom. The first-order valence-corrected chi connectivity index (χ1v) is 3.10. The normalized spacial score (nSPS) is 9.80. The number of hydrogen-bond donors (Lipinski definition) is 2. The summed E-state index contributed by atoms with van der Waals surface area (Å²) >= 11 is 0. The van der Waals surface area contributed by atoms with Crippen molar-refractivity contribution in [2.24, 2.45) is 0 Å². The summed E-state index contributed by atoms with van der Waals surface area (Å²) in [4.78, 5) is 0. The molecule has 0 aliphatic heterocycles. The van der Waals surface area contributed by atoms with Crippen LogP contribution in [0.25, 0.3) is 0 Å². The Morgan fingerprint density at radius 3 is 3.00 bits per heavy atom. The molecule has 0 aliphatic carbocycles. The first kappa shape index (κ1) is 7.30. The molecule has 2 N–H and O–H groups in total. The average molecular weight is 140 g/mol. The van der Waals surface area contributed by atoms with Gasteiger partial charge in [0.15, 0.2) is 0 Å². The van der Waals surface area contributed by atoms with Gasteiger partial charge in [0.25, 0.3) is 0 Å². The summed E-state index contributed by atoms with van der Waals surface area (Å²) in [6, 6.07) is 0. The molecule has 0 fully saturated rings. The third-order valence-electron chi connectivity index (χ3n) is 1.20. The Bertz CT molecular complexity index is 201. The van der Waals surface area contributed by atoms with E-state index in [0.29, 0.717) is 6.54 Å². The number of aromatic nitrogens is 2. The van der Waals surface area contributed by atoms with Crippen molar-refractivity contribution in [3.63, 3.8) is 0 Å². The lowest BCUT2D eigenvalue weighted by Gasteiger charge is -1.93. The van der Waals surface area contributed by atoms with Gasteiger partial charge in [-0.25, -0.2) is 0 Å². The SMILES string of the molecule is OBc1cnn(CCO)c1. The number of hydrogen-bond acceptors (Lipinski definition) is 3. The van der Waals surface area contributed by atoms with Crippen molar-refractivity contribution in [2.75, 3.05) is 6.61 Å². The highest BCUT2D eigenvalue weighted by Gasteiger charge is 1.96. The maximum atomic E-state index is 8.60. The van der Waals surface area contributed by atoms with Crippen LogP contribution >= 0.6 is 0 Å². The predicted molar refractivity (Wildman–Crippen MR) is 38.3 cm³/mol. The molecule has 0 atom stereocenters. The van der Waals surface area contributed by atoms with Crippen LogP contribution in [0.15, 0.2) is 12.4 Å². The van der Waals surface area contributed by atoms with E-state index in [2.05, 4.69) is 5.10 Å². The predicted octanol–water partition coefficient (Wildman–Crippen LogP) is -2.16. The largest absolute Gasteiger partial charge is 0.449 e. The van der Waals surface area contributed by atoms with Crippen molar-refractivity contribution < 1.29 is 10.1 Å². The zero-order valence-electron chi connectivity index (χ0n) is 5.56. The van der Waals surface area contributed by atoms with Gasteiger partial charge < -0.3 is 10.1 Å². The van der Waals surface area contributed by atoms with E-state index in [-0.39, 0.29) is 14.1 Å². The maximum absolute atomic E-state index is 8.60. The van der Waals surface area contributed by atoms with Crippen LogP contribution in [0.1, 0.15) is 0 Å². The fraction of sp³-hybridized carbons (Fsp3) is 0.400. The molecule has 0 amide bonds. The van der Waals surface area contributed by atoms with E-state index in [0.717, 1.165) is 5.46 Å². The molecule has 1 aromatic heterocycles. The van der Waals surface area contributed by atoms with Crippen LogP contribution in [0, 0.1) is 0 Å². The van der Waals surface area contributed by atoms with Gasteiger partial charge in [0.05, 0.1) is 13.2 Å². The van der Waals surface area contributed by atoms with Crippen LogP contribution in [-0.2, 0) is 6.54 Å². The molecule has 1 rings (SSSR count). The van der Waals surface area contributed by atoms with Crippen molar-refractivity contribution in [3.05, 3.63) is 12.4 Å². The molecule has 1 aromatic rings. The minimum Gasteiger partial charge on any atom is -0.449 e. The van der Waals surface area contributed by atoms with Crippen LogP contribution < -0.4 is 5.46 Å². The molecule has 0 bridgehead atoms. The molecule has 0 saturated carbocycles. The van der Waals surface area contributed by atoms with Crippen molar-refractivity contribution in [1.29, 1.82) is 0 Å². The zero-order valence-corrected chi connectivity index (χ0v) is 5.56.